The van der Waals surface area contributed by atoms with Crippen molar-refractivity contribution in [3.05, 3.63) is 27.7 Å². The lowest BCUT2D eigenvalue weighted by Gasteiger charge is -2.31. The van der Waals surface area contributed by atoms with Crippen LogP contribution in [0.4, 0.5) is 0 Å². The topological polar surface area (TPSA) is 21.3 Å². The van der Waals surface area contributed by atoms with E-state index in [1.54, 1.807) is 0 Å². The first-order chi connectivity index (χ1) is 7.63. The van der Waals surface area contributed by atoms with E-state index in [2.05, 4.69) is 12.2 Å². The fourth-order valence-electron chi connectivity index (χ4n) is 2.09. The minimum Gasteiger partial charge on any atom is -0.489 e. The third-order valence-corrected chi connectivity index (χ3v) is 3.58. The summed E-state index contributed by atoms with van der Waals surface area (Å²) in [5.41, 5.74) is 1.11. The Morgan fingerprint density at radius 1 is 1.44 bits per heavy atom. The second-order valence-corrected chi connectivity index (χ2v) is 4.84. The molecule has 0 aromatic heterocycles. The van der Waals surface area contributed by atoms with E-state index in [0.717, 1.165) is 24.3 Å². The summed E-state index contributed by atoms with van der Waals surface area (Å²) in [7, 11) is 0. The van der Waals surface area contributed by atoms with Crippen LogP contribution in [-0.4, -0.2) is 12.6 Å². The SMILES string of the molecule is CCNC1CC(C)Oc2c1ccc(Cl)c2Cl. The molecule has 1 aromatic rings. The monoisotopic (exact) mass is 259 g/mol. The van der Waals surface area contributed by atoms with Crippen LogP contribution in [0.1, 0.15) is 31.9 Å². The Morgan fingerprint density at radius 2 is 2.19 bits per heavy atom. The molecule has 16 heavy (non-hydrogen) atoms. The fraction of sp³-hybridized carbons (Fsp3) is 0.500. The molecule has 0 radical (unpaired) electrons. The highest BCUT2D eigenvalue weighted by Crippen LogP contribution is 2.42. The molecule has 2 unspecified atom stereocenters. The van der Waals surface area contributed by atoms with Crippen molar-refractivity contribution < 1.29 is 4.74 Å². The van der Waals surface area contributed by atoms with E-state index in [1.165, 1.54) is 0 Å². The van der Waals surface area contributed by atoms with Crippen molar-refractivity contribution in [3.63, 3.8) is 0 Å². The lowest BCUT2D eigenvalue weighted by Crippen LogP contribution is -2.31. The molecule has 1 aliphatic rings. The summed E-state index contributed by atoms with van der Waals surface area (Å²) in [6, 6.07) is 4.12. The van der Waals surface area contributed by atoms with Gasteiger partial charge in [-0.05, 0) is 19.5 Å². The Balaban J connectivity index is 2.43. The quantitative estimate of drug-likeness (QED) is 0.872. The van der Waals surface area contributed by atoms with Gasteiger partial charge >= 0.3 is 0 Å². The van der Waals surface area contributed by atoms with Gasteiger partial charge in [0.1, 0.15) is 10.8 Å². The van der Waals surface area contributed by atoms with Crippen LogP contribution in [0.15, 0.2) is 12.1 Å². The van der Waals surface area contributed by atoms with Crippen LogP contribution in [0.3, 0.4) is 0 Å². The third kappa shape index (κ3) is 2.15. The summed E-state index contributed by atoms with van der Waals surface area (Å²) in [5.74, 6) is 0.735. The van der Waals surface area contributed by atoms with Gasteiger partial charge in [0.2, 0.25) is 0 Å². The Labute approximate surface area is 106 Å². The van der Waals surface area contributed by atoms with Crippen LogP contribution < -0.4 is 10.1 Å². The van der Waals surface area contributed by atoms with Crippen LogP contribution in [0.2, 0.25) is 10.0 Å². The van der Waals surface area contributed by atoms with E-state index >= 15 is 0 Å². The van der Waals surface area contributed by atoms with Crippen LogP contribution in [-0.2, 0) is 0 Å². The molecule has 2 rings (SSSR count). The fourth-order valence-corrected chi connectivity index (χ4v) is 2.45. The highest BCUT2D eigenvalue weighted by molar-refractivity contribution is 6.43. The zero-order chi connectivity index (χ0) is 11.7. The minimum atomic E-state index is 0.160. The van der Waals surface area contributed by atoms with Gasteiger partial charge in [-0.3, -0.25) is 0 Å². The summed E-state index contributed by atoms with van der Waals surface area (Å²) in [5, 5.41) is 4.50. The summed E-state index contributed by atoms with van der Waals surface area (Å²) in [6.07, 6.45) is 1.12. The van der Waals surface area contributed by atoms with Gasteiger partial charge < -0.3 is 10.1 Å². The smallest absolute Gasteiger partial charge is 0.144 e. The summed E-state index contributed by atoms with van der Waals surface area (Å²) >= 11 is 12.1. The second kappa shape index (κ2) is 4.82. The molecule has 0 bridgehead atoms. The molecule has 0 fully saturated rings. The molecule has 4 heteroatoms. The number of halogens is 2. The summed E-state index contributed by atoms with van der Waals surface area (Å²) in [4.78, 5) is 0. The number of fused-ring (bicyclic) bond motifs is 1. The maximum Gasteiger partial charge on any atom is 0.144 e. The van der Waals surface area contributed by atoms with Gasteiger partial charge in [0.15, 0.2) is 0 Å². The van der Waals surface area contributed by atoms with Gasteiger partial charge in [0, 0.05) is 18.0 Å². The van der Waals surface area contributed by atoms with E-state index in [-0.39, 0.29) is 6.10 Å². The average molecular weight is 260 g/mol. The Morgan fingerprint density at radius 3 is 2.88 bits per heavy atom. The van der Waals surface area contributed by atoms with Crippen LogP contribution in [0.5, 0.6) is 5.75 Å². The largest absolute Gasteiger partial charge is 0.489 e. The molecular formula is C12H15Cl2NO. The molecule has 2 nitrogen and oxygen atoms in total. The standard InChI is InChI=1S/C12H15Cl2NO/c1-3-15-10-6-7(2)16-12-8(10)4-5-9(13)11(12)14/h4-5,7,10,15H,3,6H2,1-2H3. The van der Waals surface area contributed by atoms with Gasteiger partial charge in [-0.2, -0.15) is 0 Å². The molecule has 0 spiro atoms. The first-order valence-corrected chi connectivity index (χ1v) is 6.27. The average Bonchev–Trinajstić information content (AvgIpc) is 2.24. The first-order valence-electron chi connectivity index (χ1n) is 5.51. The van der Waals surface area contributed by atoms with Gasteiger partial charge in [-0.15, -0.1) is 0 Å². The lowest BCUT2D eigenvalue weighted by atomic mass is 9.97. The number of nitrogens with one attached hydrogen (secondary N) is 1. The van der Waals surface area contributed by atoms with Gasteiger partial charge in [-0.1, -0.05) is 36.2 Å². The molecular weight excluding hydrogens is 245 g/mol. The third-order valence-electron chi connectivity index (χ3n) is 2.79. The first kappa shape index (κ1) is 12.0. The predicted molar refractivity (Wildman–Crippen MR) is 67.6 cm³/mol. The van der Waals surface area contributed by atoms with Crippen molar-refractivity contribution in [2.24, 2.45) is 0 Å². The molecule has 1 N–H and O–H groups in total. The number of ether oxygens (including phenoxy) is 1. The Hall–Kier alpha value is -0.440. The molecule has 0 aliphatic carbocycles. The number of hydrogen-bond donors (Lipinski definition) is 1. The zero-order valence-electron chi connectivity index (χ0n) is 9.39. The molecule has 2 atom stereocenters. The maximum atomic E-state index is 6.16. The molecule has 88 valence electrons. The van der Waals surface area contributed by atoms with Crippen molar-refractivity contribution in [2.45, 2.75) is 32.4 Å². The van der Waals surface area contributed by atoms with E-state index in [4.69, 9.17) is 27.9 Å². The second-order valence-electron chi connectivity index (χ2n) is 4.05. The molecule has 0 amide bonds. The van der Waals surface area contributed by atoms with E-state index in [1.807, 2.05) is 19.1 Å². The van der Waals surface area contributed by atoms with Gasteiger partial charge in [0.05, 0.1) is 11.1 Å². The van der Waals surface area contributed by atoms with Crippen LogP contribution >= 0.6 is 23.2 Å². The minimum absolute atomic E-state index is 0.160. The van der Waals surface area contributed by atoms with Crippen LogP contribution in [0.25, 0.3) is 0 Å². The maximum absolute atomic E-state index is 6.16. The predicted octanol–water partition coefficient (Wildman–Crippen LogP) is 3.82. The number of benzene rings is 1. The van der Waals surface area contributed by atoms with Crippen molar-refractivity contribution >= 4 is 23.2 Å². The van der Waals surface area contributed by atoms with E-state index in [9.17, 15) is 0 Å². The lowest BCUT2D eigenvalue weighted by molar-refractivity contribution is 0.167. The normalized spacial score (nSPS) is 23.8. The number of rotatable bonds is 2. The Kier molecular flexibility index (Phi) is 3.63. The van der Waals surface area contributed by atoms with E-state index < -0.39 is 0 Å². The highest BCUT2D eigenvalue weighted by atomic mass is 35.5. The van der Waals surface area contributed by atoms with Gasteiger partial charge in [0.25, 0.3) is 0 Å². The van der Waals surface area contributed by atoms with Crippen molar-refractivity contribution in [1.29, 1.82) is 0 Å². The van der Waals surface area contributed by atoms with Crippen LogP contribution in [0, 0.1) is 0 Å². The summed E-state index contributed by atoms with van der Waals surface area (Å²) in [6.45, 7) is 5.07. The van der Waals surface area contributed by atoms with Gasteiger partial charge in [-0.25, -0.2) is 0 Å². The highest BCUT2D eigenvalue weighted by Gasteiger charge is 2.27. The zero-order valence-corrected chi connectivity index (χ0v) is 10.9. The Bertz CT molecular complexity index is 395. The number of hydrogen-bond acceptors (Lipinski definition) is 2. The molecule has 0 saturated heterocycles. The molecule has 1 aliphatic heterocycles. The molecule has 1 heterocycles. The molecule has 0 saturated carbocycles. The van der Waals surface area contributed by atoms with Crippen molar-refractivity contribution in [2.75, 3.05) is 6.54 Å². The van der Waals surface area contributed by atoms with E-state index in [0.29, 0.717) is 16.1 Å². The van der Waals surface area contributed by atoms with Crippen molar-refractivity contribution in [1.82, 2.24) is 5.32 Å². The van der Waals surface area contributed by atoms with Crippen molar-refractivity contribution in [3.8, 4) is 5.75 Å². The molecule has 1 aromatic carbocycles. The summed E-state index contributed by atoms with van der Waals surface area (Å²) < 4.78 is 5.76.